The maximum atomic E-state index is 13.7. The quantitative estimate of drug-likeness (QED) is 0.886. The summed E-state index contributed by atoms with van der Waals surface area (Å²) in [6.07, 6.45) is 1.93. The summed E-state index contributed by atoms with van der Waals surface area (Å²) in [5, 5.41) is 3.12. The molecule has 100 valence electrons. The Balaban J connectivity index is 2.24. The summed E-state index contributed by atoms with van der Waals surface area (Å²) in [6.45, 7) is 2.21. The number of carbonyl (C=O) groups excluding carboxylic acids is 1. The molecule has 0 aliphatic carbocycles. The van der Waals surface area contributed by atoms with Crippen LogP contribution in [0.4, 0.5) is 10.1 Å². The number of carbonyl (C=O) groups is 1. The molecule has 0 atom stereocenters. The maximum Gasteiger partial charge on any atom is 0.248 e. The Labute approximate surface area is 111 Å². The molecular weight excluding hydrogens is 245 g/mol. The van der Waals surface area contributed by atoms with Gasteiger partial charge in [-0.15, -0.1) is 0 Å². The van der Waals surface area contributed by atoms with Crippen molar-refractivity contribution < 1.29 is 9.18 Å². The summed E-state index contributed by atoms with van der Waals surface area (Å²) in [6, 6.07) is 6.63. The normalized spacial score (nSPS) is 10.5. The Morgan fingerprint density at radius 1 is 1.47 bits per heavy atom. The number of nitrogens with one attached hydrogen (secondary N) is 1. The standard InChI is InChI=1S/C14H16FN3O/c1-9-12(15)6-10(14(16)19)7-13(9)17-8-11-4-3-5-18(11)2/h3-7,17H,8H2,1-2H3,(H2,16,19). The molecule has 0 bridgehead atoms. The molecular formula is C14H16FN3O. The summed E-state index contributed by atoms with van der Waals surface area (Å²) >= 11 is 0. The van der Waals surface area contributed by atoms with E-state index >= 15 is 0 Å². The summed E-state index contributed by atoms with van der Waals surface area (Å²) in [7, 11) is 1.93. The second-order valence-electron chi connectivity index (χ2n) is 4.46. The van der Waals surface area contributed by atoms with Crippen LogP contribution < -0.4 is 11.1 Å². The van der Waals surface area contributed by atoms with Gasteiger partial charge in [-0.3, -0.25) is 4.79 Å². The monoisotopic (exact) mass is 261 g/mol. The number of anilines is 1. The fourth-order valence-electron chi connectivity index (χ4n) is 1.87. The molecule has 1 amide bonds. The van der Waals surface area contributed by atoms with E-state index in [1.165, 1.54) is 0 Å². The van der Waals surface area contributed by atoms with Gasteiger partial charge in [0.1, 0.15) is 5.82 Å². The number of halogens is 1. The number of benzene rings is 1. The van der Waals surface area contributed by atoms with Gasteiger partial charge in [0.05, 0.1) is 6.54 Å². The topological polar surface area (TPSA) is 60.1 Å². The van der Waals surface area contributed by atoms with Crippen LogP contribution in [0.2, 0.25) is 0 Å². The van der Waals surface area contributed by atoms with Gasteiger partial charge < -0.3 is 15.6 Å². The number of aryl methyl sites for hydroxylation is 1. The van der Waals surface area contributed by atoms with Gasteiger partial charge in [0, 0.05) is 35.8 Å². The molecule has 0 saturated heterocycles. The molecule has 1 heterocycles. The van der Waals surface area contributed by atoms with Gasteiger partial charge in [0.15, 0.2) is 0 Å². The first-order chi connectivity index (χ1) is 8.99. The maximum absolute atomic E-state index is 13.7. The molecule has 1 aromatic heterocycles. The molecule has 0 saturated carbocycles. The van der Waals surface area contributed by atoms with Gasteiger partial charge in [-0.25, -0.2) is 4.39 Å². The molecule has 4 nitrogen and oxygen atoms in total. The van der Waals surface area contributed by atoms with Crippen LogP contribution in [-0.4, -0.2) is 10.5 Å². The molecule has 2 rings (SSSR count). The molecule has 0 aliphatic heterocycles. The Kier molecular flexibility index (Phi) is 3.55. The van der Waals surface area contributed by atoms with Gasteiger partial charge in [0.25, 0.3) is 0 Å². The highest BCUT2D eigenvalue weighted by atomic mass is 19.1. The van der Waals surface area contributed by atoms with Crippen LogP contribution in [0, 0.1) is 12.7 Å². The first kappa shape index (κ1) is 13.1. The zero-order valence-corrected chi connectivity index (χ0v) is 10.9. The van der Waals surface area contributed by atoms with E-state index in [4.69, 9.17) is 5.73 Å². The van der Waals surface area contributed by atoms with Crippen molar-refractivity contribution in [3.05, 3.63) is 53.1 Å². The minimum atomic E-state index is -0.638. The minimum Gasteiger partial charge on any atom is -0.379 e. The van der Waals surface area contributed by atoms with Crippen molar-refractivity contribution in [1.82, 2.24) is 4.57 Å². The van der Waals surface area contributed by atoms with Crippen molar-refractivity contribution in [3.63, 3.8) is 0 Å². The van der Waals surface area contributed by atoms with Crippen molar-refractivity contribution in [2.75, 3.05) is 5.32 Å². The average molecular weight is 261 g/mol. The number of aromatic nitrogens is 1. The van der Waals surface area contributed by atoms with Crippen molar-refractivity contribution >= 4 is 11.6 Å². The molecule has 0 spiro atoms. The Bertz CT molecular complexity index is 619. The van der Waals surface area contributed by atoms with Crippen molar-refractivity contribution in [3.8, 4) is 0 Å². The first-order valence-corrected chi connectivity index (χ1v) is 5.93. The third kappa shape index (κ3) is 2.76. The number of nitrogens with zero attached hydrogens (tertiary/aromatic N) is 1. The van der Waals surface area contributed by atoms with E-state index in [2.05, 4.69) is 5.32 Å². The van der Waals surface area contributed by atoms with Crippen LogP contribution in [0.5, 0.6) is 0 Å². The molecule has 3 N–H and O–H groups in total. The van der Waals surface area contributed by atoms with Gasteiger partial charge >= 0.3 is 0 Å². The van der Waals surface area contributed by atoms with E-state index in [1.807, 2.05) is 29.9 Å². The van der Waals surface area contributed by atoms with E-state index in [-0.39, 0.29) is 5.56 Å². The van der Waals surface area contributed by atoms with Crippen LogP contribution in [0.3, 0.4) is 0 Å². The number of rotatable bonds is 4. The molecule has 0 aliphatic rings. The number of amides is 1. The third-order valence-electron chi connectivity index (χ3n) is 3.14. The number of hydrogen-bond acceptors (Lipinski definition) is 2. The molecule has 19 heavy (non-hydrogen) atoms. The third-order valence-corrected chi connectivity index (χ3v) is 3.14. The molecule has 2 aromatic rings. The van der Waals surface area contributed by atoms with Gasteiger partial charge in [0.2, 0.25) is 5.91 Å². The second kappa shape index (κ2) is 5.14. The van der Waals surface area contributed by atoms with Crippen LogP contribution in [0.25, 0.3) is 0 Å². The minimum absolute atomic E-state index is 0.164. The molecule has 0 radical (unpaired) electrons. The van der Waals surface area contributed by atoms with E-state index in [0.29, 0.717) is 17.8 Å². The lowest BCUT2D eigenvalue weighted by Gasteiger charge is -2.12. The van der Waals surface area contributed by atoms with E-state index in [1.54, 1.807) is 13.0 Å². The Morgan fingerprint density at radius 2 is 2.21 bits per heavy atom. The van der Waals surface area contributed by atoms with Crippen molar-refractivity contribution in [2.24, 2.45) is 12.8 Å². The molecule has 5 heteroatoms. The molecule has 0 fully saturated rings. The van der Waals surface area contributed by atoms with Crippen molar-refractivity contribution in [2.45, 2.75) is 13.5 Å². The highest BCUT2D eigenvalue weighted by molar-refractivity contribution is 5.94. The highest BCUT2D eigenvalue weighted by Crippen LogP contribution is 2.21. The molecule has 0 unspecified atom stereocenters. The van der Waals surface area contributed by atoms with Crippen molar-refractivity contribution in [1.29, 1.82) is 0 Å². The van der Waals surface area contributed by atoms with E-state index < -0.39 is 11.7 Å². The SMILES string of the molecule is Cc1c(F)cc(C(N)=O)cc1NCc1cccn1C. The van der Waals surface area contributed by atoms with Gasteiger partial charge in [-0.05, 0) is 31.2 Å². The Hall–Kier alpha value is -2.30. The van der Waals surface area contributed by atoms with E-state index in [9.17, 15) is 9.18 Å². The lowest BCUT2D eigenvalue weighted by atomic mass is 10.1. The zero-order chi connectivity index (χ0) is 14.0. The fraction of sp³-hybridized carbons (Fsp3) is 0.214. The summed E-state index contributed by atoms with van der Waals surface area (Å²) in [4.78, 5) is 11.1. The molecule has 1 aromatic carbocycles. The fourth-order valence-corrected chi connectivity index (χ4v) is 1.87. The summed E-state index contributed by atoms with van der Waals surface area (Å²) < 4.78 is 15.7. The smallest absolute Gasteiger partial charge is 0.248 e. The first-order valence-electron chi connectivity index (χ1n) is 5.93. The number of primary amides is 1. The summed E-state index contributed by atoms with van der Waals surface area (Å²) in [5.41, 5.74) is 7.45. The van der Waals surface area contributed by atoms with Crippen LogP contribution in [-0.2, 0) is 13.6 Å². The largest absolute Gasteiger partial charge is 0.379 e. The van der Waals surface area contributed by atoms with Crippen LogP contribution >= 0.6 is 0 Å². The van der Waals surface area contributed by atoms with Crippen LogP contribution in [0.1, 0.15) is 21.6 Å². The Morgan fingerprint density at radius 3 is 2.79 bits per heavy atom. The predicted octanol–water partition coefficient (Wildman–Crippen LogP) is 2.18. The zero-order valence-electron chi connectivity index (χ0n) is 10.9. The average Bonchev–Trinajstić information content (AvgIpc) is 2.76. The van der Waals surface area contributed by atoms with Gasteiger partial charge in [-0.2, -0.15) is 0 Å². The highest BCUT2D eigenvalue weighted by Gasteiger charge is 2.10. The van der Waals surface area contributed by atoms with Gasteiger partial charge in [-0.1, -0.05) is 0 Å². The lowest BCUT2D eigenvalue weighted by Crippen LogP contribution is -2.13. The number of hydrogen-bond donors (Lipinski definition) is 2. The number of nitrogens with two attached hydrogens (primary N) is 1. The van der Waals surface area contributed by atoms with Crippen LogP contribution in [0.15, 0.2) is 30.5 Å². The summed E-state index contributed by atoms with van der Waals surface area (Å²) in [5.74, 6) is -1.08. The lowest BCUT2D eigenvalue weighted by molar-refractivity contribution is 0.1000. The predicted molar refractivity (Wildman–Crippen MR) is 72.4 cm³/mol. The van der Waals surface area contributed by atoms with E-state index in [0.717, 1.165) is 11.8 Å². The second-order valence-corrected chi connectivity index (χ2v) is 4.46.